The molecule has 1 aromatic heterocycles. The standard InChI is InChI=1S/C6H4ClF3N2O2S/c7-5-3-4(1-2-11-5)12-15(13,14)6(8,9)10/h1-3H,(H,11,12). The summed E-state index contributed by atoms with van der Waals surface area (Å²) in [5, 5.41) is -0.114. The van der Waals surface area contributed by atoms with E-state index < -0.39 is 15.5 Å². The van der Waals surface area contributed by atoms with Gasteiger partial charge in [0.15, 0.2) is 0 Å². The minimum absolute atomic E-state index is 0.114. The smallest absolute Gasteiger partial charge is 0.276 e. The number of nitrogens with zero attached hydrogens (tertiary/aromatic N) is 1. The molecule has 9 heteroatoms. The summed E-state index contributed by atoms with van der Waals surface area (Å²) in [7, 11) is -5.40. The first-order valence-electron chi connectivity index (χ1n) is 3.43. The zero-order valence-electron chi connectivity index (χ0n) is 6.92. The van der Waals surface area contributed by atoms with E-state index in [0.29, 0.717) is 0 Å². The highest BCUT2D eigenvalue weighted by Crippen LogP contribution is 2.25. The summed E-state index contributed by atoms with van der Waals surface area (Å²) in [6.07, 6.45) is 1.08. The molecule has 0 bridgehead atoms. The molecular weight excluding hydrogens is 257 g/mol. The van der Waals surface area contributed by atoms with Crippen LogP contribution in [0.2, 0.25) is 5.15 Å². The van der Waals surface area contributed by atoms with Crippen LogP contribution in [0.25, 0.3) is 0 Å². The molecule has 4 nitrogen and oxygen atoms in total. The van der Waals surface area contributed by atoms with Gasteiger partial charge in [0.2, 0.25) is 0 Å². The maximum absolute atomic E-state index is 11.9. The van der Waals surface area contributed by atoms with Crippen molar-refractivity contribution in [1.82, 2.24) is 4.98 Å². The molecule has 0 aliphatic carbocycles. The fourth-order valence-electron chi connectivity index (χ4n) is 0.679. The molecule has 0 atom stereocenters. The molecule has 0 fully saturated rings. The van der Waals surface area contributed by atoms with Crippen LogP contribution >= 0.6 is 11.6 Å². The minimum Gasteiger partial charge on any atom is -0.276 e. The average molecular weight is 261 g/mol. The van der Waals surface area contributed by atoms with E-state index in [1.54, 1.807) is 0 Å². The predicted octanol–water partition coefficient (Wildman–Crippen LogP) is 2.00. The number of halogens is 4. The number of pyridine rings is 1. The molecule has 0 aliphatic heterocycles. The fourth-order valence-corrected chi connectivity index (χ4v) is 1.41. The fraction of sp³-hybridized carbons (Fsp3) is 0.167. The van der Waals surface area contributed by atoms with Crippen LogP contribution in [0.3, 0.4) is 0 Å². The summed E-state index contributed by atoms with van der Waals surface area (Å²) in [5.41, 5.74) is -5.66. The highest BCUT2D eigenvalue weighted by molar-refractivity contribution is 7.93. The summed E-state index contributed by atoms with van der Waals surface area (Å²) in [6.45, 7) is 0. The van der Waals surface area contributed by atoms with Gasteiger partial charge in [-0.05, 0) is 12.1 Å². The Balaban J connectivity index is 2.98. The van der Waals surface area contributed by atoms with E-state index in [4.69, 9.17) is 11.6 Å². The minimum atomic E-state index is -5.40. The van der Waals surface area contributed by atoms with Crippen LogP contribution in [0, 0.1) is 0 Å². The number of hydrogen-bond acceptors (Lipinski definition) is 3. The zero-order valence-corrected chi connectivity index (χ0v) is 8.49. The Labute approximate surface area is 88.1 Å². The van der Waals surface area contributed by atoms with Gasteiger partial charge in [0.25, 0.3) is 0 Å². The van der Waals surface area contributed by atoms with Crippen LogP contribution < -0.4 is 4.72 Å². The van der Waals surface area contributed by atoms with Crippen LogP contribution in [0.5, 0.6) is 0 Å². The van der Waals surface area contributed by atoms with E-state index >= 15 is 0 Å². The maximum atomic E-state index is 11.9. The third kappa shape index (κ3) is 2.96. The van der Waals surface area contributed by atoms with Gasteiger partial charge in [-0.25, -0.2) is 4.98 Å². The monoisotopic (exact) mass is 260 g/mol. The van der Waals surface area contributed by atoms with E-state index in [1.165, 1.54) is 4.72 Å². The van der Waals surface area contributed by atoms with Crippen LogP contribution in [0.15, 0.2) is 18.3 Å². The third-order valence-corrected chi connectivity index (χ3v) is 2.60. The lowest BCUT2D eigenvalue weighted by atomic mass is 10.4. The average Bonchev–Trinajstić information content (AvgIpc) is 2.00. The van der Waals surface area contributed by atoms with Crippen molar-refractivity contribution in [3.05, 3.63) is 23.5 Å². The van der Waals surface area contributed by atoms with Crippen molar-refractivity contribution in [2.45, 2.75) is 5.51 Å². The second-order valence-corrected chi connectivity index (χ2v) is 4.48. The molecule has 0 aromatic carbocycles. The number of rotatable bonds is 2. The molecule has 0 amide bonds. The molecule has 0 radical (unpaired) electrons. The first kappa shape index (κ1) is 12.1. The number of hydrogen-bond donors (Lipinski definition) is 1. The van der Waals surface area contributed by atoms with E-state index in [2.05, 4.69) is 4.98 Å². The van der Waals surface area contributed by atoms with Crippen LogP contribution in [-0.4, -0.2) is 18.9 Å². The van der Waals surface area contributed by atoms with Gasteiger partial charge in [0.05, 0.1) is 5.69 Å². The number of anilines is 1. The van der Waals surface area contributed by atoms with Gasteiger partial charge in [-0.3, -0.25) is 4.72 Å². The second-order valence-electron chi connectivity index (χ2n) is 2.42. The number of alkyl halides is 3. The van der Waals surface area contributed by atoms with Crippen molar-refractivity contribution in [3.8, 4) is 0 Å². The highest BCUT2D eigenvalue weighted by Gasteiger charge is 2.46. The summed E-state index contributed by atoms with van der Waals surface area (Å²) in [4.78, 5) is 3.48. The Hall–Kier alpha value is -1.02. The van der Waals surface area contributed by atoms with Gasteiger partial charge in [-0.2, -0.15) is 21.6 Å². The SMILES string of the molecule is O=S(=O)(Nc1ccnc(Cl)c1)C(F)(F)F. The lowest BCUT2D eigenvalue weighted by molar-refractivity contribution is -0.0429. The summed E-state index contributed by atoms with van der Waals surface area (Å²) in [5.74, 6) is 0. The van der Waals surface area contributed by atoms with Gasteiger partial charge >= 0.3 is 15.5 Å². The van der Waals surface area contributed by atoms with Crippen LogP contribution in [-0.2, 0) is 10.0 Å². The van der Waals surface area contributed by atoms with Crippen molar-refractivity contribution >= 4 is 27.3 Å². The first-order valence-corrected chi connectivity index (χ1v) is 5.29. The molecule has 15 heavy (non-hydrogen) atoms. The van der Waals surface area contributed by atoms with E-state index in [9.17, 15) is 21.6 Å². The van der Waals surface area contributed by atoms with Crippen molar-refractivity contribution in [3.63, 3.8) is 0 Å². The molecule has 0 saturated carbocycles. The van der Waals surface area contributed by atoms with E-state index in [0.717, 1.165) is 18.3 Å². The molecule has 84 valence electrons. The van der Waals surface area contributed by atoms with Crippen LogP contribution in [0.4, 0.5) is 18.9 Å². The lowest BCUT2D eigenvalue weighted by Crippen LogP contribution is -2.29. The molecule has 0 aliphatic rings. The number of aromatic nitrogens is 1. The molecule has 1 N–H and O–H groups in total. The molecule has 1 aromatic rings. The van der Waals surface area contributed by atoms with Crippen molar-refractivity contribution < 1.29 is 21.6 Å². The topological polar surface area (TPSA) is 59.1 Å². The number of nitrogens with one attached hydrogen (secondary N) is 1. The Bertz CT molecular complexity index is 460. The molecule has 0 unspecified atom stereocenters. The maximum Gasteiger partial charge on any atom is 0.516 e. The zero-order chi connectivity index (χ0) is 11.7. The Morgan fingerprint density at radius 2 is 2.00 bits per heavy atom. The van der Waals surface area contributed by atoms with Gasteiger partial charge < -0.3 is 0 Å². The molecular formula is C6H4ClF3N2O2S. The Kier molecular flexibility index (Phi) is 3.10. The van der Waals surface area contributed by atoms with Crippen LogP contribution in [0.1, 0.15) is 0 Å². The second kappa shape index (κ2) is 3.86. The number of sulfonamides is 1. The molecule has 0 spiro atoms. The van der Waals surface area contributed by atoms with Gasteiger partial charge in [0, 0.05) is 6.20 Å². The highest BCUT2D eigenvalue weighted by atomic mass is 35.5. The Morgan fingerprint density at radius 3 is 2.47 bits per heavy atom. The third-order valence-electron chi connectivity index (χ3n) is 1.28. The van der Waals surface area contributed by atoms with Crippen molar-refractivity contribution in [2.24, 2.45) is 0 Å². The summed E-state index contributed by atoms with van der Waals surface area (Å²) in [6, 6.07) is 2.01. The molecule has 0 saturated heterocycles. The van der Waals surface area contributed by atoms with E-state index in [1.807, 2.05) is 0 Å². The van der Waals surface area contributed by atoms with Gasteiger partial charge in [-0.1, -0.05) is 11.6 Å². The first-order chi connectivity index (χ1) is 6.72. The lowest BCUT2D eigenvalue weighted by Gasteiger charge is -2.09. The predicted molar refractivity (Wildman–Crippen MR) is 47.8 cm³/mol. The molecule has 1 heterocycles. The van der Waals surface area contributed by atoms with Gasteiger partial charge in [0.1, 0.15) is 5.15 Å². The normalized spacial score (nSPS) is 12.5. The summed E-state index contributed by atoms with van der Waals surface area (Å²) < 4.78 is 58.3. The van der Waals surface area contributed by atoms with E-state index in [-0.39, 0.29) is 10.8 Å². The van der Waals surface area contributed by atoms with Crippen molar-refractivity contribution in [2.75, 3.05) is 4.72 Å². The Morgan fingerprint density at radius 1 is 1.40 bits per heavy atom. The largest absolute Gasteiger partial charge is 0.516 e. The van der Waals surface area contributed by atoms with Gasteiger partial charge in [-0.15, -0.1) is 0 Å². The molecule has 1 rings (SSSR count). The quantitative estimate of drug-likeness (QED) is 0.828. The van der Waals surface area contributed by atoms with Crippen molar-refractivity contribution in [1.29, 1.82) is 0 Å². The summed E-state index contributed by atoms with van der Waals surface area (Å²) >= 11 is 5.36.